The van der Waals surface area contributed by atoms with Gasteiger partial charge in [-0.3, -0.25) is 0 Å². The molecule has 21 heavy (non-hydrogen) atoms. The highest BCUT2D eigenvalue weighted by molar-refractivity contribution is 5.78. The highest BCUT2D eigenvalue weighted by atomic mass is 16.5. The summed E-state index contributed by atoms with van der Waals surface area (Å²) in [5.41, 5.74) is 1.76. The molecular weight excluding hydrogens is 270 g/mol. The van der Waals surface area contributed by atoms with Crippen molar-refractivity contribution in [3.8, 4) is 0 Å². The Kier molecular flexibility index (Phi) is 3.51. The van der Waals surface area contributed by atoms with Crippen LogP contribution in [0.1, 0.15) is 24.8 Å². The first kappa shape index (κ1) is 13.8. The molecule has 0 radical (unpaired) electrons. The van der Waals surface area contributed by atoms with Gasteiger partial charge >= 0.3 is 12.1 Å². The van der Waals surface area contributed by atoms with E-state index in [4.69, 9.17) is 4.74 Å². The summed E-state index contributed by atoms with van der Waals surface area (Å²) < 4.78 is 5.11. The van der Waals surface area contributed by atoms with E-state index in [0.717, 1.165) is 11.3 Å². The molecule has 0 unspecified atom stereocenters. The molecule has 1 fully saturated rings. The highest BCUT2D eigenvalue weighted by Gasteiger charge is 2.58. The molecule has 2 heterocycles. The number of fused-ring (bicyclic) bond motifs is 1. The Balaban J connectivity index is 1.73. The molecule has 1 aromatic rings. The molecule has 0 aromatic heterocycles. The summed E-state index contributed by atoms with van der Waals surface area (Å²) in [6, 6.07) is 8.81. The van der Waals surface area contributed by atoms with Crippen LogP contribution < -0.4 is 0 Å². The molecule has 1 saturated heterocycles. The second-order valence-corrected chi connectivity index (χ2v) is 5.51. The number of allylic oxidation sites excluding steroid dienone is 1. The fourth-order valence-corrected chi connectivity index (χ4v) is 3.38. The molecule has 2 aliphatic rings. The number of hydrogen-bond acceptors (Lipinski definition) is 3. The van der Waals surface area contributed by atoms with Crippen molar-refractivity contribution in [2.75, 3.05) is 6.54 Å². The van der Waals surface area contributed by atoms with Gasteiger partial charge in [0, 0.05) is 19.3 Å². The molecule has 1 aromatic carbocycles. The Hall–Kier alpha value is -2.14. The van der Waals surface area contributed by atoms with Gasteiger partial charge in [0.1, 0.15) is 12.3 Å². The molecule has 5 heteroatoms. The number of amides is 1. The lowest BCUT2D eigenvalue weighted by molar-refractivity contribution is -0.820. The number of hydrogen-bond donors (Lipinski definition) is 1. The number of esters is 1. The van der Waals surface area contributed by atoms with E-state index in [0.29, 0.717) is 25.8 Å². The quantitative estimate of drug-likeness (QED) is 0.686. The summed E-state index contributed by atoms with van der Waals surface area (Å²) in [5, 5.41) is 9.60. The van der Waals surface area contributed by atoms with Gasteiger partial charge in [0.25, 0.3) is 0 Å². The molecule has 0 bridgehead atoms. The van der Waals surface area contributed by atoms with Crippen molar-refractivity contribution in [1.82, 2.24) is 0 Å². The summed E-state index contributed by atoms with van der Waals surface area (Å²) in [4.78, 5) is 24.1. The van der Waals surface area contributed by atoms with E-state index < -0.39 is 18.1 Å². The number of carbonyl (C=O) groups excluding carboxylic acids is 1. The fourth-order valence-electron chi connectivity index (χ4n) is 3.38. The Labute approximate surface area is 123 Å². The molecule has 1 N–H and O–H groups in total. The molecule has 3 rings (SSSR count). The molecule has 110 valence electrons. The van der Waals surface area contributed by atoms with Crippen molar-refractivity contribution in [3.63, 3.8) is 0 Å². The van der Waals surface area contributed by atoms with Gasteiger partial charge in [-0.2, -0.15) is 9.28 Å². The maximum atomic E-state index is 12.3. The van der Waals surface area contributed by atoms with Gasteiger partial charge in [-0.15, -0.1) is 0 Å². The Morgan fingerprint density at radius 3 is 2.76 bits per heavy atom. The first-order chi connectivity index (χ1) is 10.1. The van der Waals surface area contributed by atoms with E-state index >= 15 is 0 Å². The van der Waals surface area contributed by atoms with E-state index in [9.17, 15) is 14.7 Å². The number of carbonyl (C=O) groups is 2. The van der Waals surface area contributed by atoms with Crippen molar-refractivity contribution in [1.29, 1.82) is 0 Å². The van der Waals surface area contributed by atoms with Crippen LogP contribution in [-0.4, -0.2) is 34.2 Å². The second kappa shape index (κ2) is 5.33. The summed E-state index contributed by atoms with van der Waals surface area (Å²) in [6.45, 7) is 0.643. The molecule has 0 spiro atoms. The van der Waals surface area contributed by atoms with Crippen LogP contribution in [0.4, 0.5) is 4.79 Å². The largest absolute Gasteiger partial charge is 0.519 e. The third-order valence-electron chi connectivity index (χ3n) is 4.42. The third-order valence-corrected chi connectivity index (χ3v) is 4.42. The van der Waals surface area contributed by atoms with Crippen LogP contribution in [0.5, 0.6) is 0 Å². The maximum absolute atomic E-state index is 12.3. The lowest BCUT2D eigenvalue weighted by atomic mass is 10.2. The average molecular weight is 288 g/mol. The Morgan fingerprint density at radius 2 is 2.05 bits per heavy atom. The topological polar surface area (TPSA) is 63.6 Å². The number of carboxylic acid groups (broad SMARTS) is 1. The van der Waals surface area contributed by atoms with Gasteiger partial charge < -0.3 is 9.84 Å². The molecule has 2 atom stereocenters. The zero-order chi connectivity index (χ0) is 14.9. The van der Waals surface area contributed by atoms with Gasteiger partial charge in [0.15, 0.2) is 0 Å². The van der Waals surface area contributed by atoms with Crippen LogP contribution in [0.3, 0.4) is 0 Å². The van der Waals surface area contributed by atoms with E-state index in [1.54, 1.807) is 0 Å². The predicted molar refractivity (Wildman–Crippen MR) is 75.1 cm³/mol. The number of rotatable bonds is 3. The van der Waals surface area contributed by atoms with Gasteiger partial charge in [-0.25, -0.2) is 4.79 Å². The molecule has 0 saturated carbocycles. The van der Waals surface area contributed by atoms with Crippen molar-refractivity contribution in [2.45, 2.75) is 31.9 Å². The summed E-state index contributed by atoms with van der Waals surface area (Å²) >= 11 is 0. The first-order valence-electron chi connectivity index (χ1n) is 7.16. The summed E-state index contributed by atoms with van der Waals surface area (Å²) in [5.74, 6) is -0.411. The standard InChI is InChI=1S/C16H17NO4/c18-15(21-11-12-5-2-1-3-6-12)14-9-8-13-7-4-10-17(13,14)16(19)20/h1-3,5-7,14H,4,8-11H2/p+1/t14-,17-/m0/s1. The lowest BCUT2D eigenvalue weighted by Gasteiger charge is -2.30. The predicted octanol–water partition coefficient (Wildman–Crippen LogP) is 2.67. The van der Waals surface area contributed by atoms with Gasteiger partial charge in [-0.05, 0) is 11.6 Å². The van der Waals surface area contributed by atoms with Crippen LogP contribution in [0.15, 0.2) is 42.1 Å². The minimum absolute atomic E-state index is 0.189. The maximum Gasteiger partial charge on any atom is 0.519 e. The van der Waals surface area contributed by atoms with E-state index in [1.807, 2.05) is 36.4 Å². The van der Waals surface area contributed by atoms with Gasteiger partial charge in [0.2, 0.25) is 6.04 Å². The SMILES string of the molecule is O=C(OCc1ccccc1)[C@@H]1CCC2=CCC[N@+]21C(=O)O. The second-order valence-electron chi connectivity index (χ2n) is 5.51. The van der Waals surface area contributed by atoms with Crippen LogP contribution in [0.25, 0.3) is 0 Å². The zero-order valence-corrected chi connectivity index (χ0v) is 11.7. The minimum Gasteiger partial charge on any atom is -0.456 e. The van der Waals surface area contributed by atoms with Crippen molar-refractivity contribution in [3.05, 3.63) is 47.7 Å². The average Bonchev–Trinajstić information content (AvgIpc) is 3.05. The smallest absolute Gasteiger partial charge is 0.456 e. The van der Waals surface area contributed by atoms with Gasteiger partial charge in [0.05, 0.1) is 6.54 Å². The Morgan fingerprint density at radius 1 is 1.29 bits per heavy atom. The van der Waals surface area contributed by atoms with E-state index in [1.165, 1.54) is 0 Å². The van der Waals surface area contributed by atoms with E-state index in [2.05, 4.69) is 0 Å². The normalized spacial score (nSPS) is 27.0. The van der Waals surface area contributed by atoms with Crippen LogP contribution >= 0.6 is 0 Å². The van der Waals surface area contributed by atoms with Crippen LogP contribution in [0.2, 0.25) is 0 Å². The highest BCUT2D eigenvalue weighted by Crippen LogP contribution is 2.41. The Bertz CT molecular complexity index is 596. The van der Waals surface area contributed by atoms with Crippen molar-refractivity contribution < 1.29 is 23.9 Å². The summed E-state index contributed by atoms with van der Waals surface area (Å²) in [6.07, 6.45) is 2.93. The van der Waals surface area contributed by atoms with Crippen LogP contribution in [-0.2, 0) is 16.1 Å². The summed E-state index contributed by atoms with van der Waals surface area (Å²) in [7, 11) is 0. The molecule has 0 aliphatic carbocycles. The monoisotopic (exact) mass is 288 g/mol. The molecule has 1 amide bonds. The fraction of sp³-hybridized carbons (Fsp3) is 0.375. The minimum atomic E-state index is -0.946. The van der Waals surface area contributed by atoms with Crippen molar-refractivity contribution >= 4 is 12.1 Å². The van der Waals surface area contributed by atoms with Crippen molar-refractivity contribution in [2.24, 2.45) is 0 Å². The zero-order valence-electron chi connectivity index (χ0n) is 11.7. The first-order valence-corrected chi connectivity index (χ1v) is 7.16. The van der Waals surface area contributed by atoms with E-state index in [-0.39, 0.29) is 11.1 Å². The lowest BCUT2D eigenvalue weighted by Crippen LogP contribution is -2.56. The third kappa shape index (κ3) is 2.23. The number of nitrogens with zero attached hydrogens (tertiary/aromatic N) is 1. The number of ether oxygens (including phenoxy) is 1. The van der Waals surface area contributed by atoms with Crippen LogP contribution in [0, 0.1) is 0 Å². The number of benzene rings is 1. The number of quaternary nitrogens is 1. The molecule has 2 aliphatic heterocycles. The molecule has 5 nitrogen and oxygen atoms in total. The van der Waals surface area contributed by atoms with Gasteiger partial charge in [-0.1, -0.05) is 30.3 Å². The molecular formula is C16H18NO4+.